The number of hydrogen-bond acceptors (Lipinski definition) is 3. The molecule has 6 heteroatoms. The summed E-state index contributed by atoms with van der Waals surface area (Å²) in [5, 5.41) is 2.19. The van der Waals surface area contributed by atoms with Crippen LogP contribution >= 0.6 is 11.6 Å². The minimum atomic E-state index is -0.615. The normalized spacial score (nSPS) is 19.5. The van der Waals surface area contributed by atoms with Crippen LogP contribution in [0.2, 0.25) is 0 Å². The minimum Gasteiger partial charge on any atom is -0.371 e. The SMILES string of the molecule is CC1CCN(c2ccc(NC(=O)[C@H](C)Cl)cc2C(=O)N2CCCC2)CC1. The van der Waals surface area contributed by atoms with Gasteiger partial charge in [-0.3, -0.25) is 9.59 Å². The van der Waals surface area contributed by atoms with Crippen molar-refractivity contribution in [3.8, 4) is 0 Å². The number of amides is 2. The van der Waals surface area contributed by atoms with E-state index in [-0.39, 0.29) is 11.8 Å². The van der Waals surface area contributed by atoms with Crippen molar-refractivity contribution in [2.45, 2.75) is 44.9 Å². The molecule has 1 atom stereocenters. The van der Waals surface area contributed by atoms with Gasteiger partial charge < -0.3 is 15.1 Å². The van der Waals surface area contributed by atoms with E-state index in [0.29, 0.717) is 11.3 Å². The number of hydrogen-bond donors (Lipinski definition) is 1. The third-order valence-corrected chi connectivity index (χ3v) is 5.57. The monoisotopic (exact) mass is 377 g/mol. The molecule has 5 nitrogen and oxygen atoms in total. The highest BCUT2D eigenvalue weighted by Gasteiger charge is 2.26. The van der Waals surface area contributed by atoms with E-state index in [0.717, 1.165) is 63.5 Å². The summed E-state index contributed by atoms with van der Waals surface area (Å²) in [6.07, 6.45) is 4.39. The largest absolute Gasteiger partial charge is 0.371 e. The van der Waals surface area contributed by atoms with E-state index in [9.17, 15) is 9.59 Å². The average Bonchev–Trinajstić information content (AvgIpc) is 3.16. The van der Waals surface area contributed by atoms with Gasteiger partial charge in [0.2, 0.25) is 5.91 Å². The average molecular weight is 378 g/mol. The van der Waals surface area contributed by atoms with E-state index in [4.69, 9.17) is 11.6 Å². The number of rotatable bonds is 4. The zero-order chi connectivity index (χ0) is 18.7. The molecule has 0 spiro atoms. The molecule has 2 aliphatic rings. The number of piperidine rings is 1. The summed E-state index contributed by atoms with van der Waals surface area (Å²) >= 11 is 5.86. The first kappa shape index (κ1) is 19.0. The second-order valence-electron chi connectivity index (χ2n) is 7.51. The van der Waals surface area contributed by atoms with Gasteiger partial charge in [-0.1, -0.05) is 6.92 Å². The number of halogens is 1. The molecular formula is C20H28ClN3O2. The predicted molar refractivity (Wildman–Crippen MR) is 106 cm³/mol. The molecule has 2 aliphatic heterocycles. The number of nitrogens with one attached hydrogen (secondary N) is 1. The van der Waals surface area contributed by atoms with Gasteiger partial charge in [0.1, 0.15) is 5.38 Å². The minimum absolute atomic E-state index is 0.0612. The molecule has 2 saturated heterocycles. The summed E-state index contributed by atoms with van der Waals surface area (Å²) in [4.78, 5) is 29.3. The lowest BCUT2D eigenvalue weighted by molar-refractivity contribution is -0.115. The third kappa shape index (κ3) is 4.32. The molecule has 2 fully saturated rings. The number of likely N-dealkylation sites (tertiary alicyclic amines) is 1. The molecule has 1 N–H and O–H groups in total. The van der Waals surface area contributed by atoms with Gasteiger partial charge in [-0.15, -0.1) is 11.6 Å². The lowest BCUT2D eigenvalue weighted by Gasteiger charge is -2.34. The summed E-state index contributed by atoms with van der Waals surface area (Å²) in [6, 6.07) is 5.64. The van der Waals surface area contributed by atoms with E-state index < -0.39 is 5.38 Å². The molecule has 3 rings (SSSR count). The number of carbonyl (C=O) groups excluding carboxylic acids is 2. The fraction of sp³-hybridized carbons (Fsp3) is 0.600. The number of carbonyl (C=O) groups is 2. The molecule has 0 aromatic heterocycles. The van der Waals surface area contributed by atoms with Crippen molar-refractivity contribution in [1.29, 1.82) is 0 Å². The van der Waals surface area contributed by atoms with Crippen LogP contribution in [0.5, 0.6) is 0 Å². The topological polar surface area (TPSA) is 52.7 Å². The van der Waals surface area contributed by atoms with Crippen LogP contribution in [0, 0.1) is 5.92 Å². The second kappa shape index (κ2) is 8.30. The summed E-state index contributed by atoms with van der Waals surface area (Å²) in [5.41, 5.74) is 2.28. The summed E-state index contributed by atoms with van der Waals surface area (Å²) in [5.74, 6) is 0.532. The predicted octanol–water partition coefficient (Wildman–Crippen LogP) is 3.72. The van der Waals surface area contributed by atoms with E-state index in [1.165, 1.54) is 0 Å². The molecular weight excluding hydrogens is 350 g/mol. The molecule has 1 aromatic carbocycles. The Morgan fingerprint density at radius 2 is 1.81 bits per heavy atom. The summed E-state index contributed by atoms with van der Waals surface area (Å²) < 4.78 is 0. The summed E-state index contributed by atoms with van der Waals surface area (Å²) in [7, 11) is 0. The Morgan fingerprint density at radius 1 is 1.15 bits per heavy atom. The lowest BCUT2D eigenvalue weighted by Crippen LogP contribution is -2.36. The first-order chi connectivity index (χ1) is 12.5. The van der Waals surface area contributed by atoms with Gasteiger partial charge in [0.25, 0.3) is 5.91 Å². The second-order valence-corrected chi connectivity index (χ2v) is 8.16. The van der Waals surface area contributed by atoms with Crippen LogP contribution < -0.4 is 10.2 Å². The maximum atomic E-state index is 13.1. The van der Waals surface area contributed by atoms with Crippen molar-refractivity contribution in [1.82, 2.24) is 4.90 Å². The van der Waals surface area contributed by atoms with E-state index in [2.05, 4.69) is 17.1 Å². The quantitative estimate of drug-likeness (QED) is 0.813. The lowest BCUT2D eigenvalue weighted by atomic mass is 9.97. The van der Waals surface area contributed by atoms with Gasteiger partial charge in [-0.2, -0.15) is 0 Å². The van der Waals surface area contributed by atoms with Crippen LogP contribution in [0.25, 0.3) is 0 Å². The number of alkyl halides is 1. The van der Waals surface area contributed by atoms with E-state index >= 15 is 0 Å². The Balaban J connectivity index is 1.89. The Hall–Kier alpha value is -1.75. The standard InChI is InChI=1S/C20H28ClN3O2/c1-14-7-11-23(12-8-14)18-6-5-16(22-19(25)15(2)21)13-17(18)20(26)24-9-3-4-10-24/h5-6,13-15H,3-4,7-12H2,1-2H3,(H,22,25)/t15-/m0/s1. The zero-order valence-corrected chi connectivity index (χ0v) is 16.4. The van der Waals surface area contributed by atoms with E-state index in [1.807, 2.05) is 23.1 Å². The molecule has 1 aromatic rings. The van der Waals surface area contributed by atoms with Crippen LogP contribution in [0.4, 0.5) is 11.4 Å². The number of anilines is 2. The van der Waals surface area contributed by atoms with Gasteiger partial charge in [-0.25, -0.2) is 0 Å². The highest BCUT2D eigenvalue weighted by atomic mass is 35.5. The van der Waals surface area contributed by atoms with Gasteiger partial charge >= 0.3 is 0 Å². The maximum Gasteiger partial charge on any atom is 0.256 e. The first-order valence-electron chi connectivity index (χ1n) is 9.59. The molecule has 0 bridgehead atoms. The fourth-order valence-electron chi connectivity index (χ4n) is 3.64. The molecule has 142 valence electrons. The Kier molecular flexibility index (Phi) is 6.07. The highest BCUT2D eigenvalue weighted by molar-refractivity contribution is 6.32. The molecule has 0 saturated carbocycles. The Bertz CT molecular complexity index is 663. The highest BCUT2D eigenvalue weighted by Crippen LogP contribution is 2.30. The van der Waals surface area contributed by atoms with Crippen LogP contribution in [0.3, 0.4) is 0 Å². The Labute approximate surface area is 160 Å². The number of nitrogens with zero attached hydrogens (tertiary/aromatic N) is 2. The summed E-state index contributed by atoms with van der Waals surface area (Å²) in [6.45, 7) is 7.46. The first-order valence-corrected chi connectivity index (χ1v) is 10.0. The van der Waals surface area contributed by atoms with Crippen molar-refractivity contribution in [2.24, 2.45) is 5.92 Å². The van der Waals surface area contributed by atoms with Gasteiger partial charge in [0.15, 0.2) is 0 Å². The molecule has 0 radical (unpaired) electrons. The zero-order valence-electron chi connectivity index (χ0n) is 15.6. The van der Waals surface area contributed by atoms with Crippen molar-refractivity contribution < 1.29 is 9.59 Å². The van der Waals surface area contributed by atoms with Crippen molar-refractivity contribution >= 4 is 34.8 Å². The van der Waals surface area contributed by atoms with Crippen LogP contribution in [0.15, 0.2) is 18.2 Å². The maximum absolute atomic E-state index is 13.1. The molecule has 2 amide bonds. The molecule has 2 heterocycles. The van der Waals surface area contributed by atoms with Gasteiger partial charge in [0, 0.05) is 37.6 Å². The fourth-order valence-corrected chi connectivity index (χ4v) is 3.70. The van der Waals surface area contributed by atoms with Crippen molar-refractivity contribution in [3.63, 3.8) is 0 Å². The molecule has 0 unspecified atom stereocenters. The van der Waals surface area contributed by atoms with Crippen LogP contribution in [-0.2, 0) is 4.79 Å². The third-order valence-electron chi connectivity index (χ3n) is 5.37. The van der Waals surface area contributed by atoms with Gasteiger partial charge in [-0.05, 0) is 56.7 Å². The van der Waals surface area contributed by atoms with Gasteiger partial charge in [0.05, 0.1) is 5.56 Å². The van der Waals surface area contributed by atoms with Crippen molar-refractivity contribution in [2.75, 3.05) is 36.4 Å². The van der Waals surface area contributed by atoms with Crippen molar-refractivity contribution in [3.05, 3.63) is 23.8 Å². The van der Waals surface area contributed by atoms with E-state index in [1.54, 1.807) is 6.92 Å². The Morgan fingerprint density at radius 3 is 2.42 bits per heavy atom. The molecule has 26 heavy (non-hydrogen) atoms. The molecule has 0 aliphatic carbocycles. The van der Waals surface area contributed by atoms with Crippen LogP contribution in [-0.4, -0.2) is 48.3 Å². The number of benzene rings is 1. The van der Waals surface area contributed by atoms with Crippen LogP contribution in [0.1, 0.15) is 49.9 Å². The smallest absolute Gasteiger partial charge is 0.256 e.